The van der Waals surface area contributed by atoms with Gasteiger partial charge in [-0.1, -0.05) is 19.9 Å². The standard InChI is InChI=1S/C18H22F5NO/c1-12-8-13(10-14(19)9-12)17(20)4-6-24(7-5-17)15(25)11-16(2,3)18(21,22)23/h8-10H,4-7,11H2,1-3H3. The van der Waals surface area contributed by atoms with Gasteiger partial charge in [0.1, 0.15) is 11.5 Å². The molecule has 1 amide bonds. The Kier molecular flexibility index (Phi) is 5.17. The summed E-state index contributed by atoms with van der Waals surface area (Å²) in [6.07, 6.45) is -5.28. The SMILES string of the molecule is Cc1cc(F)cc(C2(F)CCN(C(=O)CC(C)(C)C(F)(F)F)CC2)c1. The van der Waals surface area contributed by atoms with E-state index in [2.05, 4.69) is 0 Å². The number of nitrogens with zero attached hydrogens (tertiary/aromatic N) is 1. The second-order valence-corrected chi connectivity index (χ2v) is 7.42. The van der Waals surface area contributed by atoms with Crippen molar-refractivity contribution in [3.05, 3.63) is 35.1 Å². The number of halogens is 5. The molecule has 0 unspecified atom stereocenters. The van der Waals surface area contributed by atoms with E-state index < -0.39 is 35.4 Å². The molecule has 0 radical (unpaired) electrons. The molecule has 0 aromatic heterocycles. The van der Waals surface area contributed by atoms with Crippen LogP contribution in [-0.4, -0.2) is 30.1 Å². The monoisotopic (exact) mass is 363 g/mol. The molecule has 1 aliphatic rings. The van der Waals surface area contributed by atoms with Crippen LogP contribution in [0.15, 0.2) is 18.2 Å². The molecule has 2 nitrogen and oxygen atoms in total. The summed E-state index contributed by atoms with van der Waals surface area (Å²) in [5.74, 6) is -1.17. The first-order valence-corrected chi connectivity index (χ1v) is 8.15. The molecule has 1 saturated heterocycles. The molecule has 0 saturated carbocycles. The van der Waals surface area contributed by atoms with E-state index in [1.165, 1.54) is 11.0 Å². The summed E-state index contributed by atoms with van der Waals surface area (Å²) in [6, 6.07) is 4.00. The van der Waals surface area contributed by atoms with Crippen LogP contribution in [0.4, 0.5) is 22.0 Å². The third kappa shape index (κ3) is 4.30. The van der Waals surface area contributed by atoms with Gasteiger partial charge in [0.2, 0.25) is 5.91 Å². The van der Waals surface area contributed by atoms with Crippen molar-refractivity contribution in [2.75, 3.05) is 13.1 Å². The predicted molar refractivity (Wildman–Crippen MR) is 84.2 cm³/mol. The Balaban J connectivity index is 2.04. The highest BCUT2D eigenvalue weighted by Crippen LogP contribution is 2.42. The molecule has 2 rings (SSSR count). The van der Waals surface area contributed by atoms with Gasteiger partial charge >= 0.3 is 6.18 Å². The minimum atomic E-state index is -4.48. The average molecular weight is 363 g/mol. The molecular weight excluding hydrogens is 341 g/mol. The number of amides is 1. The first-order chi connectivity index (χ1) is 11.3. The Morgan fingerprint density at radius 1 is 1.16 bits per heavy atom. The first kappa shape index (κ1) is 19.7. The molecule has 0 spiro atoms. The van der Waals surface area contributed by atoms with Gasteiger partial charge < -0.3 is 4.90 Å². The maximum Gasteiger partial charge on any atom is 0.394 e. The van der Waals surface area contributed by atoms with Crippen molar-refractivity contribution in [2.24, 2.45) is 5.41 Å². The van der Waals surface area contributed by atoms with Crippen molar-refractivity contribution in [3.8, 4) is 0 Å². The molecule has 0 atom stereocenters. The highest BCUT2D eigenvalue weighted by Gasteiger charge is 2.49. The van der Waals surface area contributed by atoms with Gasteiger partial charge in [0.05, 0.1) is 5.41 Å². The van der Waals surface area contributed by atoms with E-state index in [1.807, 2.05) is 0 Å². The van der Waals surface area contributed by atoms with Crippen LogP contribution in [0.1, 0.15) is 44.2 Å². The van der Waals surface area contributed by atoms with Crippen molar-refractivity contribution >= 4 is 5.91 Å². The predicted octanol–water partition coefficient (Wildman–Crippen LogP) is 4.90. The molecule has 140 valence electrons. The van der Waals surface area contributed by atoms with E-state index >= 15 is 4.39 Å². The van der Waals surface area contributed by atoms with Gasteiger partial charge in [0, 0.05) is 32.4 Å². The lowest BCUT2D eigenvalue weighted by atomic mass is 9.84. The molecule has 1 aliphatic heterocycles. The van der Waals surface area contributed by atoms with Crippen LogP contribution in [0.2, 0.25) is 0 Å². The topological polar surface area (TPSA) is 20.3 Å². The highest BCUT2D eigenvalue weighted by molar-refractivity contribution is 5.77. The Hall–Kier alpha value is -1.66. The van der Waals surface area contributed by atoms with Crippen LogP contribution < -0.4 is 0 Å². The molecule has 1 aromatic carbocycles. The van der Waals surface area contributed by atoms with Crippen molar-refractivity contribution in [1.82, 2.24) is 4.90 Å². The summed E-state index contributed by atoms with van der Waals surface area (Å²) >= 11 is 0. The molecule has 25 heavy (non-hydrogen) atoms. The maximum atomic E-state index is 15.1. The molecule has 1 heterocycles. The molecule has 0 N–H and O–H groups in total. The van der Waals surface area contributed by atoms with Gasteiger partial charge in [-0.25, -0.2) is 8.78 Å². The number of hydrogen-bond acceptors (Lipinski definition) is 1. The third-order valence-electron chi connectivity index (χ3n) is 4.83. The van der Waals surface area contributed by atoms with Crippen molar-refractivity contribution < 1.29 is 26.7 Å². The molecular formula is C18H22F5NO. The number of piperidine rings is 1. The van der Waals surface area contributed by atoms with Gasteiger partial charge in [-0.15, -0.1) is 0 Å². The fourth-order valence-corrected chi connectivity index (χ4v) is 2.98. The molecule has 0 aliphatic carbocycles. The Morgan fingerprint density at radius 2 is 1.72 bits per heavy atom. The fraction of sp³-hybridized carbons (Fsp3) is 0.611. The lowest BCUT2D eigenvalue weighted by Gasteiger charge is -2.38. The minimum Gasteiger partial charge on any atom is -0.342 e. The van der Waals surface area contributed by atoms with Crippen LogP contribution in [0.5, 0.6) is 0 Å². The van der Waals surface area contributed by atoms with Crippen LogP contribution in [0, 0.1) is 18.2 Å². The summed E-state index contributed by atoms with van der Waals surface area (Å²) in [6.45, 7) is 3.64. The van der Waals surface area contributed by atoms with Crippen LogP contribution >= 0.6 is 0 Å². The van der Waals surface area contributed by atoms with Crippen LogP contribution in [-0.2, 0) is 10.5 Å². The quantitative estimate of drug-likeness (QED) is 0.700. The number of hydrogen-bond donors (Lipinski definition) is 0. The number of carbonyl (C=O) groups is 1. The summed E-state index contributed by atoms with van der Waals surface area (Å²) in [5, 5.41) is 0. The van der Waals surface area contributed by atoms with E-state index in [1.54, 1.807) is 13.0 Å². The second-order valence-electron chi connectivity index (χ2n) is 7.42. The average Bonchev–Trinajstić information content (AvgIpc) is 2.45. The van der Waals surface area contributed by atoms with E-state index in [-0.39, 0.29) is 31.5 Å². The van der Waals surface area contributed by atoms with Gasteiger partial charge in [-0.2, -0.15) is 13.2 Å². The summed E-state index contributed by atoms with van der Waals surface area (Å²) in [4.78, 5) is 13.4. The number of rotatable bonds is 3. The molecule has 0 bridgehead atoms. The number of carbonyl (C=O) groups excluding carboxylic acids is 1. The zero-order chi connectivity index (χ0) is 19.0. The van der Waals surface area contributed by atoms with E-state index in [4.69, 9.17) is 0 Å². The highest BCUT2D eigenvalue weighted by atomic mass is 19.4. The Labute approximate surface area is 144 Å². The summed E-state index contributed by atoms with van der Waals surface area (Å²) < 4.78 is 67.4. The van der Waals surface area contributed by atoms with Gasteiger partial charge in [-0.3, -0.25) is 4.79 Å². The lowest BCUT2D eigenvalue weighted by molar-refractivity contribution is -0.215. The number of aryl methyl sites for hydroxylation is 1. The lowest BCUT2D eigenvalue weighted by Crippen LogP contribution is -2.46. The Morgan fingerprint density at radius 3 is 2.20 bits per heavy atom. The largest absolute Gasteiger partial charge is 0.394 e. The normalized spacial score (nSPS) is 18.3. The second kappa shape index (κ2) is 6.57. The first-order valence-electron chi connectivity index (χ1n) is 8.15. The minimum absolute atomic E-state index is 0.0127. The summed E-state index contributed by atoms with van der Waals surface area (Å²) in [5.41, 5.74) is -3.10. The number of alkyl halides is 4. The van der Waals surface area contributed by atoms with Crippen molar-refractivity contribution in [1.29, 1.82) is 0 Å². The molecule has 1 fully saturated rings. The van der Waals surface area contributed by atoms with Crippen molar-refractivity contribution in [2.45, 2.75) is 51.9 Å². The zero-order valence-electron chi connectivity index (χ0n) is 14.5. The maximum absolute atomic E-state index is 15.1. The number of likely N-dealkylation sites (tertiary alicyclic amines) is 1. The zero-order valence-corrected chi connectivity index (χ0v) is 14.5. The molecule has 1 aromatic rings. The van der Waals surface area contributed by atoms with Gasteiger partial charge in [0.25, 0.3) is 0 Å². The number of benzene rings is 1. The van der Waals surface area contributed by atoms with Gasteiger partial charge in [0.15, 0.2) is 0 Å². The smallest absolute Gasteiger partial charge is 0.342 e. The van der Waals surface area contributed by atoms with E-state index in [9.17, 15) is 22.4 Å². The van der Waals surface area contributed by atoms with Crippen molar-refractivity contribution in [3.63, 3.8) is 0 Å². The fourth-order valence-electron chi connectivity index (χ4n) is 2.98. The van der Waals surface area contributed by atoms with Gasteiger partial charge in [-0.05, 0) is 30.2 Å². The third-order valence-corrected chi connectivity index (χ3v) is 4.83. The van der Waals surface area contributed by atoms with Crippen LogP contribution in [0.3, 0.4) is 0 Å². The molecule has 7 heteroatoms. The summed E-state index contributed by atoms with van der Waals surface area (Å²) in [7, 11) is 0. The van der Waals surface area contributed by atoms with E-state index in [0.717, 1.165) is 19.9 Å². The Bertz CT molecular complexity index is 625. The van der Waals surface area contributed by atoms with Crippen LogP contribution in [0.25, 0.3) is 0 Å². The van der Waals surface area contributed by atoms with E-state index in [0.29, 0.717) is 5.56 Å².